The Morgan fingerprint density at radius 2 is 1.97 bits per heavy atom. The highest BCUT2D eigenvalue weighted by Crippen LogP contribution is 2.71. The van der Waals surface area contributed by atoms with E-state index < -0.39 is 58.4 Å². The summed E-state index contributed by atoms with van der Waals surface area (Å²) in [6.07, 6.45) is 4.38. The Labute approximate surface area is 187 Å². The summed E-state index contributed by atoms with van der Waals surface area (Å²) in [7, 11) is 0. The molecule has 0 radical (unpaired) electrons. The summed E-state index contributed by atoms with van der Waals surface area (Å²) in [4.78, 5) is 37.5. The number of aliphatic hydroxyl groups excluding tert-OH is 2. The quantitative estimate of drug-likeness (QED) is 0.642. The standard InChI is InChI=1S/C25H33FO6/c1-5-21(31)32-25(20(30)13-27)14(2)10-18-17-7-6-15-11-16(28)8-9-22(15,3)24(17,26)19(29)12-23(18,25)4/h8-9,11,14,17-19,27,29H,5-7,10,12-13H2,1-4H3/t14-,17+,18+,19+,22+,23+,24?,25+/m1/s1. The summed E-state index contributed by atoms with van der Waals surface area (Å²) >= 11 is 0. The maximum Gasteiger partial charge on any atom is 0.306 e. The first-order valence-corrected chi connectivity index (χ1v) is 11.6. The second-order valence-corrected chi connectivity index (χ2v) is 10.5. The molecule has 0 saturated heterocycles. The lowest BCUT2D eigenvalue weighted by molar-refractivity contribution is -0.228. The number of alkyl halides is 1. The van der Waals surface area contributed by atoms with Crippen LogP contribution in [0.4, 0.5) is 4.39 Å². The number of hydrogen-bond donors (Lipinski definition) is 2. The van der Waals surface area contributed by atoms with Crippen LogP contribution in [0.1, 0.15) is 59.8 Å². The van der Waals surface area contributed by atoms with Crippen LogP contribution in [0.25, 0.3) is 0 Å². The minimum atomic E-state index is -2.02. The van der Waals surface area contributed by atoms with Gasteiger partial charge in [-0.1, -0.05) is 32.4 Å². The van der Waals surface area contributed by atoms with Gasteiger partial charge < -0.3 is 14.9 Å². The summed E-state index contributed by atoms with van der Waals surface area (Å²) < 4.78 is 23.0. The third kappa shape index (κ3) is 2.61. The Morgan fingerprint density at radius 3 is 2.59 bits per heavy atom. The zero-order chi connectivity index (χ0) is 23.7. The Bertz CT molecular complexity index is 925. The Morgan fingerprint density at radius 1 is 1.28 bits per heavy atom. The summed E-state index contributed by atoms with van der Waals surface area (Å²) in [6.45, 7) is 6.19. The largest absolute Gasteiger partial charge is 0.450 e. The molecule has 0 heterocycles. The average molecular weight is 449 g/mol. The van der Waals surface area contributed by atoms with Crippen LogP contribution in [0.5, 0.6) is 0 Å². The number of Topliss-reactive ketones (excluding diaryl/α,β-unsaturated/α-hetero) is 1. The molecular formula is C25H33FO6. The van der Waals surface area contributed by atoms with Gasteiger partial charge in [-0.25, -0.2) is 4.39 Å². The Balaban J connectivity index is 1.85. The lowest BCUT2D eigenvalue weighted by atomic mass is 9.44. The van der Waals surface area contributed by atoms with Crippen molar-refractivity contribution < 1.29 is 33.7 Å². The summed E-state index contributed by atoms with van der Waals surface area (Å²) in [6, 6.07) is 0. The molecule has 8 atom stereocenters. The second-order valence-electron chi connectivity index (χ2n) is 10.5. The predicted molar refractivity (Wildman–Crippen MR) is 114 cm³/mol. The van der Waals surface area contributed by atoms with Crippen molar-refractivity contribution in [1.82, 2.24) is 0 Å². The maximum atomic E-state index is 17.2. The number of allylic oxidation sites excluding steroid dienone is 4. The van der Waals surface area contributed by atoms with Gasteiger partial charge in [0.2, 0.25) is 5.78 Å². The highest BCUT2D eigenvalue weighted by Gasteiger charge is 2.77. The van der Waals surface area contributed by atoms with E-state index in [2.05, 4.69) is 0 Å². The van der Waals surface area contributed by atoms with Gasteiger partial charge in [0.1, 0.15) is 6.61 Å². The van der Waals surface area contributed by atoms with Crippen molar-refractivity contribution in [3.63, 3.8) is 0 Å². The maximum absolute atomic E-state index is 17.2. The predicted octanol–water partition coefficient (Wildman–Crippen LogP) is 2.86. The molecule has 32 heavy (non-hydrogen) atoms. The van der Waals surface area contributed by atoms with Gasteiger partial charge in [0.15, 0.2) is 17.1 Å². The first-order valence-electron chi connectivity index (χ1n) is 11.6. The number of esters is 1. The van der Waals surface area contributed by atoms with Crippen LogP contribution >= 0.6 is 0 Å². The Kier molecular flexibility index (Phi) is 5.33. The van der Waals surface area contributed by atoms with Gasteiger partial charge in [-0.3, -0.25) is 14.4 Å². The monoisotopic (exact) mass is 448 g/mol. The molecule has 176 valence electrons. The minimum absolute atomic E-state index is 0.0675. The van der Waals surface area contributed by atoms with Crippen molar-refractivity contribution in [3.05, 3.63) is 23.8 Å². The molecule has 6 nitrogen and oxygen atoms in total. The van der Waals surface area contributed by atoms with Crippen LogP contribution in [0.15, 0.2) is 23.8 Å². The lowest BCUT2D eigenvalue weighted by Gasteiger charge is -2.62. The normalized spacial score (nSPS) is 47.2. The van der Waals surface area contributed by atoms with Crippen molar-refractivity contribution in [2.45, 2.75) is 77.2 Å². The minimum Gasteiger partial charge on any atom is -0.450 e. The molecule has 0 aromatic heterocycles. The van der Waals surface area contributed by atoms with E-state index in [1.165, 1.54) is 12.2 Å². The van der Waals surface area contributed by atoms with Crippen molar-refractivity contribution in [2.24, 2.45) is 28.6 Å². The van der Waals surface area contributed by atoms with Crippen LogP contribution in [0.3, 0.4) is 0 Å². The number of ketones is 2. The van der Waals surface area contributed by atoms with Crippen LogP contribution in [0.2, 0.25) is 0 Å². The van der Waals surface area contributed by atoms with Crippen molar-refractivity contribution in [2.75, 3.05) is 6.61 Å². The van der Waals surface area contributed by atoms with E-state index >= 15 is 4.39 Å². The number of carbonyl (C=O) groups excluding carboxylic acids is 3. The van der Waals surface area contributed by atoms with E-state index in [0.717, 1.165) is 0 Å². The number of halogens is 1. The zero-order valence-corrected chi connectivity index (χ0v) is 19.2. The first-order chi connectivity index (χ1) is 14.9. The molecule has 0 amide bonds. The van der Waals surface area contributed by atoms with Crippen LogP contribution in [-0.2, 0) is 19.1 Å². The molecule has 0 aliphatic heterocycles. The third-order valence-electron chi connectivity index (χ3n) is 9.30. The van der Waals surface area contributed by atoms with Crippen molar-refractivity contribution in [3.8, 4) is 0 Å². The molecule has 2 N–H and O–H groups in total. The Hall–Kier alpha value is -1.86. The van der Waals surface area contributed by atoms with E-state index in [9.17, 15) is 24.6 Å². The van der Waals surface area contributed by atoms with Gasteiger partial charge in [-0.15, -0.1) is 0 Å². The van der Waals surface area contributed by atoms with Crippen molar-refractivity contribution in [1.29, 1.82) is 0 Å². The van der Waals surface area contributed by atoms with E-state index in [1.807, 2.05) is 0 Å². The van der Waals surface area contributed by atoms with E-state index in [1.54, 1.807) is 33.8 Å². The number of rotatable bonds is 4. The fourth-order valence-corrected chi connectivity index (χ4v) is 7.77. The van der Waals surface area contributed by atoms with Crippen LogP contribution in [-0.4, -0.2) is 51.7 Å². The van der Waals surface area contributed by atoms with Crippen LogP contribution in [0, 0.1) is 28.6 Å². The molecule has 3 saturated carbocycles. The van der Waals surface area contributed by atoms with E-state index in [4.69, 9.17) is 4.74 Å². The molecular weight excluding hydrogens is 415 g/mol. The molecule has 3 fully saturated rings. The summed E-state index contributed by atoms with van der Waals surface area (Å²) in [5, 5.41) is 21.2. The molecule has 1 unspecified atom stereocenters. The van der Waals surface area contributed by atoms with Gasteiger partial charge in [-0.05, 0) is 50.7 Å². The highest BCUT2D eigenvalue weighted by molar-refractivity contribution is 6.01. The molecule has 0 bridgehead atoms. The lowest BCUT2D eigenvalue weighted by Crippen LogP contribution is -2.70. The van der Waals surface area contributed by atoms with E-state index in [-0.39, 0.29) is 24.5 Å². The SMILES string of the molecule is CCC(=O)O[C@]1(C(=O)CO)[C@H](C)C[C@H]2[C@@H]3CCC4=CC(=O)C=C[C@]4(C)C3(F)[C@@H](O)C[C@@]21C. The topological polar surface area (TPSA) is 101 Å². The second kappa shape index (κ2) is 7.32. The number of hydrogen-bond acceptors (Lipinski definition) is 6. The molecule has 4 rings (SSSR count). The third-order valence-corrected chi connectivity index (χ3v) is 9.30. The van der Waals surface area contributed by atoms with Gasteiger partial charge in [0.25, 0.3) is 0 Å². The highest BCUT2D eigenvalue weighted by atomic mass is 19.1. The summed E-state index contributed by atoms with van der Waals surface area (Å²) in [5.41, 5.74) is -5.10. The van der Waals surface area contributed by atoms with Gasteiger partial charge in [0, 0.05) is 29.1 Å². The van der Waals surface area contributed by atoms with Crippen molar-refractivity contribution >= 4 is 17.5 Å². The average Bonchev–Trinajstić information content (AvgIpc) is 2.96. The number of aliphatic hydroxyl groups is 2. The fraction of sp³-hybridized carbons (Fsp3) is 0.720. The molecule has 7 heteroatoms. The first kappa shape index (κ1) is 23.3. The van der Waals surface area contributed by atoms with Gasteiger partial charge >= 0.3 is 5.97 Å². The van der Waals surface area contributed by atoms with Gasteiger partial charge in [-0.2, -0.15) is 0 Å². The zero-order valence-electron chi connectivity index (χ0n) is 19.2. The molecule has 0 aromatic rings. The molecule has 4 aliphatic rings. The molecule has 0 spiro atoms. The number of carbonyl (C=O) groups is 3. The van der Waals surface area contributed by atoms with Crippen LogP contribution < -0.4 is 0 Å². The number of fused-ring (bicyclic) bond motifs is 5. The fourth-order valence-electron chi connectivity index (χ4n) is 7.77. The molecule has 0 aromatic carbocycles. The van der Waals surface area contributed by atoms with Gasteiger partial charge in [0.05, 0.1) is 6.10 Å². The summed E-state index contributed by atoms with van der Waals surface area (Å²) in [5.74, 6) is -2.69. The van der Waals surface area contributed by atoms with E-state index in [0.29, 0.717) is 24.8 Å². The number of ether oxygens (including phenoxy) is 1. The molecule has 4 aliphatic carbocycles. The smallest absolute Gasteiger partial charge is 0.306 e.